The van der Waals surface area contributed by atoms with Gasteiger partial charge in [-0.2, -0.15) is 5.06 Å². The van der Waals surface area contributed by atoms with Gasteiger partial charge in [-0.25, -0.2) is 0 Å². The maximum Gasteiger partial charge on any atom is 0.137 e. The van der Waals surface area contributed by atoms with Crippen molar-refractivity contribution in [2.75, 3.05) is 6.54 Å². The number of piperidine rings is 1. The topological polar surface area (TPSA) is 43.7 Å². The Kier molecular flexibility index (Phi) is 1.75. The first-order chi connectivity index (χ1) is 4.13. The van der Waals surface area contributed by atoms with Crippen LogP contribution < -0.4 is 0 Å². The third kappa shape index (κ3) is 1.41. The maximum absolute atomic E-state index is 9.32. The van der Waals surface area contributed by atoms with Gasteiger partial charge in [0, 0.05) is 6.54 Å². The molecule has 1 atom stereocenters. The molecule has 0 saturated carbocycles. The summed E-state index contributed by atoms with van der Waals surface area (Å²) in [6, 6.07) is 0. The zero-order chi connectivity index (χ0) is 6.91. The molecule has 54 valence electrons. The average molecular weight is 131 g/mol. The Morgan fingerprint density at radius 3 is 2.44 bits per heavy atom. The van der Waals surface area contributed by atoms with Crippen LogP contribution in [0.25, 0.3) is 0 Å². The summed E-state index contributed by atoms with van der Waals surface area (Å²) in [4.78, 5) is 0. The van der Waals surface area contributed by atoms with Gasteiger partial charge < -0.3 is 10.3 Å². The van der Waals surface area contributed by atoms with E-state index in [2.05, 4.69) is 0 Å². The van der Waals surface area contributed by atoms with E-state index in [9.17, 15) is 5.11 Å². The number of hydrogen-bond acceptors (Lipinski definition) is 3. The summed E-state index contributed by atoms with van der Waals surface area (Å²) in [6.45, 7) is 2.22. The smallest absolute Gasteiger partial charge is 0.137 e. The van der Waals surface area contributed by atoms with Crippen molar-refractivity contribution in [3.63, 3.8) is 0 Å². The lowest BCUT2D eigenvalue weighted by Gasteiger charge is -2.35. The van der Waals surface area contributed by atoms with E-state index in [1.54, 1.807) is 6.92 Å². The van der Waals surface area contributed by atoms with Crippen LogP contribution in [0.3, 0.4) is 0 Å². The minimum atomic E-state index is -0.974. The number of nitrogens with zero attached hydrogens (tertiary/aromatic N) is 1. The number of aliphatic hydroxyl groups is 1. The monoisotopic (exact) mass is 131 g/mol. The van der Waals surface area contributed by atoms with E-state index >= 15 is 0 Å². The molecule has 3 nitrogen and oxygen atoms in total. The molecule has 1 aliphatic heterocycles. The zero-order valence-electron chi connectivity index (χ0n) is 5.67. The van der Waals surface area contributed by atoms with Gasteiger partial charge >= 0.3 is 0 Å². The van der Waals surface area contributed by atoms with E-state index in [1.807, 2.05) is 0 Å². The van der Waals surface area contributed by atoms with Crippen LogP contribution in [0.2, 0.25) is 0 Å². The van der Waals surface area contributed by atoms with Crippen LogP contribution in [-0.2, 0) is 0 Å². The molecule has 0 amide bonds. The number of hydroxylamine groups is 2. The molecule has 1 unspecified atom stereocenters. The largest absolute Gasteiger partial charge is 0.374 e. The SMILES string of the molecule is CC1(O)CCCCN1O. The van der Waals surface area contributed by atoms with Gasteiger partial charge in [0.25, 0.3) is 0 Å². The molecule has 1 aliphatic rings. The van der Waals surface area contributed by atoms with Gasteiger partial charge in [0.05, 0.1) is 0 Å². The first-order valence-electron chi connectivity index (χ1n) is 3.32. The normalized spacial score (nSPS) is 39.0. The molecule has 1 fully saturated rings. The molecule has 9 heavy (non-hydrogen) atoms. The molecule has 0 aromatic rings. The van der Waals surface area contributed by atoms with Gasteiger partial charge in [-0.05, 0) is 26.2 Å². The summed E-state index contributed by atoms with van der Waals surface area (Å²) in [5, 5.41) is 19.3. The second kappa shape index (κ2) is 2.25. The van der Waals surface area contributed by atoms with Gasteiger partial charge in [0.1, 0.15) is 5.72 Å². The lowest BCUT2D eigenvalue weighted by Crippen LogP contribution is -2.47. The molecular formula is C6H13NO2. The van der Waals surface area contributed by atoms with Crippen LogP contribution in [0.5, 0.6) is 0 Å². The van der Waals surface area contributed by atoms with E-state index in [4.69, 9.17) is 5.21 Å². The standard InChI is InChI=1S/C6H13NO2/c1-6(8)4-2-3-5-7(6)9/h8-9H,2-5H2,1H3. The Balaban J connectivity index is 2.49. The molecule has 1 saturated heterocycles. The first-order valence-corrected chi connectivity index (χ1v) is 3.32. The van der Waals surface area contributed by atoms with Crippen LogP contribution in [-0.4, -0.2) is 27.6 Å². The van der Waals surface area contributed by atoms with Gasteiger partial charge in [0.2, 0.25) is 0 Å². The molecule has 1 heterocycles. The van der Waals surface area contributed by atoms with Crippen molar-refractivity contribution in [3.05, 3.63) is 0 Å². The molecular weight excluding hydrogens is 118 g/mol. The molecule has 2 N–H and O–H groups in total. The van der Waals surface area contributed by atoms with Gasteiger partial charge in [-0.15, -0.1) is 0 Å². The number of hydrogen-bond donors (Lipinski definition) is 2. The molecule has 0 aromatic carbocycles. The van der Waals surface area contributed by atoms with Crippen molar-refractivity contribution in [2.24, 2.45) is 0 Å². The Morgan fingerprint density at radius 2 is 2.11 bits per heavy atom. The Bertz CT molecular complexity index is 103. The lowest BCUT2D eigenvalue weighted by atomic mass is 10.0. The summed E-state index contributed by atoms with van der Waals surface area (Å²) in [6.07, 6.45) is 2.65. The Hall–Kier alpha value is -0.120. The summed E-state index contributed by atoms with van der Waals surface area (Å²) >= 11 is 0. The lowest BCUT2D eigenvalue weighted by molar-refractivity contribution is -0.268. The van der Waals surface area contributed by atoms with Gasteiger partial charge in [-0.1, -0.05) is 0 Å². The van der Waals surface area contributed by atoms with Crippen LogP contribution >= 0.6 is 0 Å². The quantitative estimate of drug-likeness (QED) is 0.505. The van der Waals surface area contributed by atoms with Crippen molar-refractivity contribution in [1.82, 2.24) is 5.06 Å². The van der Waals surface area contributed by atoms with Crippen molar-refractivity contribution in [3.8, 4) is 0 Å². The molecule has 0 bridgehead atoms. The molecule has 0 radical (unpaired) electrons. The fourth-order valence-electron chi connectivity index (χ4n) is 1.09. The third-order valence-corrected chi connectivity index (χ3v) is 1.83. The second-order valence-corrected chi connectivity index (χ2v) is 2.80. The van der Waals surface area contributed by atoms with E-state index < -0.39 is 5.72 Å². The summed E-state index contributed by atoms with van der Waals surface area (Å²) in [7, 11) is 0. The Labute approximate surface area is 54.9 Å². The fourth-order valence-corrected chi connectivity index (χ4v) is 1.09. The highest BCUT2D eigenvalue weighted by atomic mass is 16.5. The molecule has 0 aliphatic carbocycles. The van der Waals surface area contributed by atoms with E-state index in [0.29, 0.717) is 13.0 Å². The van der Waals surface area contributed by atoms with E-state index in [-0.39, 0.29) is 0 Å². The van der Waals surface area contributed by atoms with Gasteiger partial charge in [-0.3, -0.25) is 0 Å². The van der Waals surface area contributed by atoms with E-state index in [0.717, 1.165) is 17.9 Å². The maximum atomic E-state index is 9.32. The van der Waals surface area contributed by atoms with Gasteiger partial charge in [0.15, 0.2) is 0 Å². The van der Waals surface area contributed by atoms with Crippen molar-refractivity contribution in [1.29, 1.82) is 0 Å². The highest BCUT2D eigenvalue weighted by molar-refractivity contribution is 4.72. The first kappa shape index (κ1) is 6.99. The Morgan fingerprint density at radius 1 is 1.44 bits per heavy atom. The molecule has 3 heteroatoms. The summed E-state index contributed by atoms with van der Waals surface area (Å²) < 4.78 is 0. The predicted octanol–water partition coefficient (Wildman–Crippen LogP) is 0.570. The minimum Gasteiger partial charge on any atom is -0.374 e. The van der Waals surface area contributed by atoms with E-state index in [1.165, 1.54) is 0 Å². The average Bonchev–Trinajstić information content (AvgIpc) is 1.77. The van der Waals surface area contributed by atoms with Crippen molar-refractivity contribution >= 4 is 0 Å². The van der Waals surface area contributed by atoms with Crippen molar-refractivity contribution < 1.29 is 10.3 Å². The summed E-state index contributed by atoms with van der Waals surface area (Å²) in [5.74, 6) is 0. The predicted molar refractivity (Wildman–Crippen MR) is 33.0 cm³/mol. The van der Waals surface area contributed by atoms with Crippen LogP contribution in [0.1, 0.15) is 26.2 Å². The minimum absolute atomic E-state index is 0.590. The molecule has 0 aromatic heterocycles. The number of rotatable bonds is 0. The highest BCUT2D eigenvalue weighted by Crippen LogP contribution is 2.22. The third-order valence-electron chi connectivity index (χ3n) is 1.83. The zero-order valence-corrected chi connectivity index (χ0v) is 5.67. The van der Waals surface area contributed by atoms with Crippen LogP contribution in [0.4, 0.5) is 0 Å². The molecule has 1 rings (SSSR count). The van der Waals surface area contributed by atoms with Crippen LogP contribution in [0.15, 0.2) is 0 Å². The second-order valence-electron chi connectivity index (χ2n) is 2.80. The summed E-state index contributed by atoms with van der Waals surface area (Å²) in [5.41, 5.74) is -0.974. The van der Waals surface area contributed by atoms with Crippen LogP contribution in [0, 0.1) is 0 Å². The van der Waals surface area contributed by atoms with Crippen molar-refractivity contribution in [2.45, 2.75) is 31.9 Å². The molecule has 0 spiro atoms. The highest BCUT2D eigenvalue weighted by Gasteiger charge is 2.30. The fraction of sp³-hybridized carbons (Fsp3) is 1.00.